The van der Waals surface area contributed by atoms with Gasteiger partial charge in [-0.3, -0.25) is 9.69 Å². The summed E-state index contributed by atoms with van der Waals surface area (Å²) >= 11 is 0. The van der Waals surface area contributed by atoms with E-state index < -0.39 is 5.97 Å². The highest BCUT2D eigenvalue weighted by atomic mass is 16.4. The van der Waals surface area contributed by atoms with Gasteiger partial charge < -0.3 is 10.8 Å². The first-order chi connectivity index (χ1) is 7.58. The summed E-state index contributed by atoms with van der Waals surface area (Å²) in [5.74, 6) is -0.245. The monoisotopic (exact) mass is 228 g/mol. The average Bonchev–Trinajstić information content (AvgIpc) is 2.29. The van der Waals surface area contributed by atoms with Crippen LogP contribution in [0.3, 0.4) is 0 Å². The Bertz CT molecular complexity index is 233. The van der Waals surface area contributed by atoms with Crippen LogP contribution in [0.15, 0.2) is 0 Å². The first-order valence-electron chi connectivity index (χ1n) is 6.25. The number of hydrogen-bond acceptors (Lipinski definition) is 3. The van der Waals surface area contributed by atoms with Crippen LogP contribution in [0.25, 0.3) is 0 Å². The fourth-order valence-electron chi connectivity index (χ4n) is 2.47. The van der Waals surface area contributed by atoms with Crippen molar-refractivity contribution < 1.29 is 9.90 Å². The summed E-state index contributed by atoms with van der Waals surface area (Å²) in [6.45, 7) is 6.25. The van der Waals surface area contributed by atoms with Crippen LogP contribution in [0.5, 0.6) is 0 Å². The van der Waals surface area contributed by atoms with Crippen molar-refractivity contribution in [3.05, 3.63) is 0 Å². The summed E-state index contributed by atoms with van der Waals surface area (Å²) in [5, 5.41) is 8.91. The van der Waals surface area contributed by atoms with Gasteiger partial charge in [-0.1, -0.05) is 20.3 Å². The average molecular weight is 228 g/mol. The second kappa shape index (κ2) is 6.21. The lowest BCUT2D eigenvalue weighted by Crippen LogP contribution is -2.48. The highest BCUT2D eigenvalue weighted by Crippen LogP contribution is 2.25. The molecule has 0 aromatic carbocycles. The molecule has 0 aromatic heterocycles. The van der Waals surface area contributed by atoms with Crippen LogP contribution in [0, 0.1) is 11.8 Å². The molecule has 3 atom stereocenters. The number of piperidine rings is 1. The molecule has 1 aliphatic rings. The molecular formula is C12H24N2O2. The second-order valence-corrected chi connectivity index (χ2v) is 4.92. The number of carboxylic acid groups (broad SMARTS) is 1. The largest absolute Gasteiger partial charge is 0.481 e. The Kier molecular flexibility index (Phi) is 5.22. The molecule has 0 saturated carbocycles. The molecule has 1 heterocycles. The number of hydrogen-bond donors (Lipinski definition) is 2. The maximum atomic E-state index is 10.8. The third kappa shape index (κ3) is 3.46. The van der Waals surface area contributed by atoms with Gasteiger partial charge in [0, 0.05) is 19.1 Å². The lowest BCUT2D eigenvalue weighted by atomic mass is 9.88. The van der Waals surface area contributed by atoms with Crippen molar-refractivity contribution in [1.29, 1.82) is 0 Å². The van der Waals surface area contributed by atoms with Gasteiger partial charge in [-0.25, -0.2) is 0 Å². The molecule has 1 aliphatic heterocycles. The van der Waals surface area contributed by atoms with Gasteiger partial charge in [-0.05, 0) is 25.3 Å². The van der Waals surface area contributed by atoms with Gasteiger partial charge in [0.05, 0.1) is 5.92 Å². The van der Waals surface area contributed by atoms with Gasteiger partial charge in [0.25, 0.3) is 0 Å². The zero-order chi connectivity index (χ0) is 12.1. The summed E-state index contributed by atoms with van der Waals surface area (Å²) in [7, 11) is 0. The molecule has 0 amide bonds. The predicted octanol–water partition coefficient (Wildman–Crippen LogP) is 1.16. The molecule has 94 valence electrons. The Morgan fingerprint density at radius 1 is 1.62 bits per heavy atom. The highest BCUT2D eigenvalue weighted by molar-refractivity contribution is 5.69. The van der Waals surface area contributed by atoms with E-state index >= 15 is 0 Å². The van der Waals surface area contributed by atoms with Gasteiger partial charge >= 0.3 is 5.97 Å². The quantitative estimate of drug-likeness (QED) is 0.741. The van der Waals surface area contributed by atoms with Crippen LogP contribution in [-0.4, -0.2) is 41.7 Å². The van der Waals surface area contributed by atoms with Crippen LogP contribution in [0.1, 0.15) is 33.1 Å². The number of aliphatic carboxylic acids is 1. The second-order valence-electron chi connectivity index (χ2n) is 4.92. The molecule has 1 saturated heterocycles. The minimum absolute atomic E-state index is 0.299. The minimum atomic E-state index is -0.714. The first-order valence-corrected chi connectivity index (χ1v) is 6.25. The topological polar surface area (TPSA) is 66.6 Å². The molecular weight excluding hydrogens is 204 g/mol. The Labute approximate surface area is 97.8 Å². The molecule has 4 nitrogen and oxygen atoms in total. The van der Waals surface area contributed by atoms with E-state index in [4.69, 9.17) is 10.8 Å². The van der Waals surface area contributed by atoms with E-state index in [9.17, 15) is 4.79 Å². The van der Waals surface area contributed by atoms with E-state index in [2.05, 4.69) is 11.8 Å². The summed E-state index contributed by atoms with van der Waals surface area (Å²) in [5.41, 5.74) is 5.77. The number of nitrogens with zero attached hydrogens (tertiary/aromatic N) is 1. The standard InChI is InChI=1S/C12H24N2O2/c1-3-10-4-5-14(11(6-10)7-13)8-9(2)12(15)16/h9-11H,3-8,13H2,1-2H3,(H,15,16). The predicted molar refractivity (Wildman–Crippen MR) is 64.2 cm³/mol. The number of nitrogens with two attached hydrogens (primary N) is 1. The SMILES string of the molecule is CCC1CCN(CC(C)C(=O)O)C(CN)C1. The van der Waals surface area contributed by atoms with Crippen molar-refractivity contribution in [2.75, 3.05) is 19.6 Å². The van der Waals surface area contributed by atoms with Crippen LogP contribution in [-0.2, 0) is 4.79 Å². The lowest BCUT2D eigenvalue weighted by molar-refractivity contribution is -0.142. The number of carboxylic acids is 1. The fraction of sp³-hybridized carbons (Fsp3) is 0.917. The lowest BCUT2D eigenvalue weighted by Gasteiger charge is -2.39. The van der Waals surface area contributed by atoms with Gasteiger partial charge in [-0.15, -0.1) is 0 Å². The van der Waals surface area contributed by atoms with Gasteiger partial charge in [0.2, 0.25) is 0 Å². The fourth-order valence-corrected chi connectivity index (χ4v) is 2.47. The summed E-state index contributed by atoms with van der Waals surface area (Å²) < 4.78 is 0. The third-order valence-corrected chi connectivity index (χ3v) is 3.73. The third-order valence-electron chi connectivity index (χ3n) is 3.73. The molecule has 0 radical (unpaired) electrons. The van der Waals surface area contributed by atoms with E-state index in [0.717, 1.165) is 18.9 Å². The van der Waals surface area contributed by atoms with Crippen LogP contribution in [0.2, 0.25) is 0 Å². The Balaban J connectivity index is 2.50. The summed E-state index contributed by atoms with van der Waals surface area (Å²) in [6, 6.07) is 0.375. The van der Waals surface area contributed by atoms with Crippen molar-refractivity contribution in [3.63, 3.8) is 0 Å². The van der Waals surface area contributed by atoms with Crippen LogP contribution in [0.4, 0.5) is 0 Å². The van der Waals surface area contributed by atoms with Crippen LogP contribution >= 0.6 is 0 Å². The van der Waals surface area contributed by atoms with Crippen molar-refractivity contribution in [2.45, 2.75) is 39.2 Å². The van der Waals surface area contributed by atoms with E-state index in [1.165, 1.54) is 12.8 Å². The van der Waals surface area contributed by atoms with Gasteiger partial charge in [0.1, 0.15) is 0 Å². The molecule has 0 aliphatic carbocycles. The number of carbonyl (C=O) groups is 1. The maximum absolute atomic E-state index is 10.8. The van der Waals surface area contributed by atoms with E-state index in [0.29, 0.717) is 19.1 Å². The van der Waals surface area contributed by atoms with Gasteiger partial charge in [0.15, 0.2) is 0 Å². The first kappa shape index (κ1) is 13.5. The highest BCUT2D eigenvalue weighted by Gasteiger charge is 2.28. The Morgan fingerprint density at radius 2 is 2.31 bits per heavy atom. The molecule has 1 rings (SSSR count). The summed E-state index contributed by atoms with van der Waals surface area (Å²) in [4.78, 5) is 13.1. The van der Waals surface area contributed by atoms with E-state index in [1.54, 1.807) is 6.92 Å². The van der Waals surface area contributed by atoms with Crippen molar-refractivity contribution in [3.8, 4) is 0 Å². The molecule has 3 N–H and O–H groups in total. The molecule has 16 heavy (non-hydrogen) atoms. The number of rotatable bonds is 5. The minimum Gasteiger partial charge on any atom is -0.481 e. The van der Waals surface area contributed by atoms with Crippen molar-refractivity contribution >= 4 is 5.97 Å². The van der Waals surface area contributed by atoms with Gasteiger partial charge in [-0.2, -0.15) is 0 Å². The van der Waals surface area contributed by atoms with Crippen molar-refractivity contribution in [1.82, 2.24) is 4.90 Å². The van der Waals surface area contributed by atoms with Crippen molar-refractivity contribution in [2.24, 2.45) is 17.6 Å². The normalized spacial score (nSPS) is 28.9. The molecule has 0 bridgehead atoms. The Hall–Kier alpha value is -0.610. The molecule has 3 unspecified atom stereocenters. The number of likely N-dealkylation sites (tertiary alicyclic amines) is 1. The Morgan fingerprint density at radius 3 is 2.81 bits per heavy atom. The smallest absolute Gasteiger partial charge is 0.307 e. The zero-order valence-corrected chi connectivity index (χ0v) is 10.4. The zero-order valence-electron chi connectivity index (χ0n) is 10.4. The van der Waals surface area contributed by atoms with Crippen LogP contribution < -0.4 is 5.73 Å². The molecule has 1 fully saturated rings. The molecule has 0 spiro atoms. The molecule has 0 aromatic rings. The molecule has 4 heteroatoms. The maximum Gasteiger partial charge on any atom is 0.307 e. The van der Waals surface area contributed by atoms with E-state index in [1.807, 2.05) is 0 Å². The summed E-state index contributed by atoms with van der Waals surface area (Å²) in [6.07, 6.45) is 3.51. The van der Waals surface area contributed by atoms with E-state index in [-0.39, 0.29) is 5.92 Å².